The molecule has 744 valence electrons. The topological polar surface area (TPSA) is 184 Å². The van der Waals surface area contributed by atoms with Gasteiger partial charge in [-0.1, -0.05) is 311 Å². The Bertz CT molecular complexity index is 7990. The molecule has 20 rings (SSSR count). The van der Waals surface area contributed by atoms with E-state index in [4.69, 9.17) is 24.9 Å². The van der Waals surface area contributed by atoms with E-state index in [2.05, 4.69) is 324 Å². The third kappa shape index (κ3) is 25.0. The maximum atomic E-state index is 10.5. The van der Waals surface area contributed by atoms with Gasteiger partial charge in [0.15, 0.2) is 0 Å². The standard InChI is InChI=1S/3C32H31N2OS.C28H23N2OS.4Pt/c1-31(2,3)22-14-15-33-26(18-22)21-11-9-10-20(16-21)25-17-23(32(4,5)6)19-28-29(25)34-30(36-28)24-12-7-8-13-27(24)35;1-31(2,3)22-16-20(15-21(17-22)26-12-9-10-14-33-26)25-18-23(32(4,5)6)19-28-29(25)34-30(36-28)24-11-7-8-13-27(24)35;1-31(2,3)22-14-15-33-26(19-22)21-16-20(17-23(18-21)32(4,5)6)24-11-9-13-28-29(24)34-30(36-28)25-10-7-8-12-27(25)35;1-28(2,3)20-16-18(15-19(17-20)23-11-6-7-14-29-23)21-10-8-13-25-26(21)30-27(32-25)22-9-4-5-12-24(22)31;;;;/h7-15,17-19,35H,1-6H3;7-14,16-19,35H,1-6H3;7-15,17-19,35H,1-6H3;4-14,16-17,31H,1-3H3;;;;/q4*-1;;;;. The molecule has 0 aliphatic carbocycles. The van der Waals surface area contributed by atoms with Crippen molar-refractivity contribution in [2.24, 2.45) is 0 Å². The third-order valence-corrected chi connectivity index (χ3v) is 29.1. The molecular weight excluding hydrogens is 2570 g/mol. The number of aromatic nitrogens is 8. The van der Waals surface area contributed by atoms with Crippen molar-refractivity contribution in [3.05, 3.63) is 361 Å². The van der Waals surface area contributed by atoms with Gasteiger partial charge >= 0.3 is 0 Å². The molecule has 12 nitrogen and oxygen atoms in total. The van der Waals surface area contributed by atoms with E-state index in [0.29, 0.717) is 0 Å². The molecule has 0 atom stereocenters. The number of hydrogen-bond donors (Lipinski definition) is 4. The van der Waals surface area contributed by atoms with Crippen molar-refractivity contribution in [2.75, 3.05) is 0 Å². The van der Waals surface area contributed by atoms with Crippen molar-refractivity contribution in [2.45, 2.75) is 183 Å². The number of aromatic hydroxyl groups is 4. The molecule has 0 unspecified atom stereocenters. The Balaban J connectivity index is 0.000000160. The number of thiazole rings is 4. The van der Waals surface area contributed by atoms with Crippen molar-refractivity contribution in [1.82, 2.24) is 39.9 Å². The summed E-state index contributed by atoms with van der Waals surface area (Å²) in [7, 11) is 0. The van der Waals surface area contributed by atoms with E-state index in [1.54, 1.807) is 69.6 Å². The van der Waals surface area contributed by atoms with Crippen LogP contribution in [0.2, 0.25) is 0 Å². The van der Waals surface area contributed by atoms with Crippen LogP contribution in [0.15, 0.2) is 298 Å². The number of phenolic OH excluding ortho intramolecular Hbond substituents is 4. The van der Waals surface area contributed by atoms with Gasteiger partial charge in [0.05, 0.1) is 44.3 Å². The molecule has 0 bridgehead atoms. The van der Waals surface area contributed by atoms with Gasteiger partial charge < -0.3 is 20.4 Å². The molecule has 12 aromatic carbocycles. The molecule has 0 spiro atoms. The summed E-state index contributed by atoms with van der Waals surface area (Å²) in [6, 6.07) is 105. The summed E-state index contributed by atoms with van der Waals surface area (Å²) in [5, 5.41) is 44.9. The molecule has 20 heteroatoms. The Morgan fingerprint density at radius 2 is 0.444 bits per heavy atom. The fraction of sp³-hybridized carbons (Fsp3) is 0.226. The fourth-order valence-corrected chi connectivity index (χ4v) is 20.7. The van der Waals surface area contributed by atoms with Crippen LogP contribution in [0.25, 0.3) is 173 Å². The predicted molar refractivity (Wildman–Crippen MR) is 588 cm³/mol. The fourth-order valence-electron chi connectivity index (χ4n) is 16.5. The van der Waals surface area contributed by atoms with Crippen molar-refractivity contribution in [3.63, 3.8) is 0 Å². The van der Waals surface area contributed by atoms with Gasteiger partial charge in [-0.05, 0) is 157 Å². The van der Waals surface area contributed by atoms with Crippen molar-refractivity contribution in [1.29, 1.82) is 0 Å². The number of para-hydroxylation sites is 6. The normalized spacial score (nSPS) is 11.8. The second-order valence-electron chi connectivity index (χ2n) is 42.8. The number of rotatable bonds is 12. The van der Waals surface area contributed by atoms with Gasteiger partial charge in [-0.15, -0.1) is 163 Å². The number of fused-ring (bicyclic) bond motifs is 4. The summed E-state index contributed by atoms with van der Waals surface area (Å²) in [6.45, 7) is 46.7. The molecule has 0 amide bonds. The monoisotopic (exact) mass is 2690 g/mol. The molecule has 0 fully saturated rings. The van der Waals surface area contributed by atoms with Crippen LogP contribution >= 0.6 is 45.3 Å². The van der Waals surface area contributed by atoms with Gasteiger partial charge in [0.25, 0.3) is 0 Å². The molecule has 8 heterocycles. The molecule has 8 aromatic heterocycles. The maximum Gasteiger partial charge on any atom is 0.127 e. The van der Waals surface area contributed by atoms with Gasteiger partial charge in [-0.2, -0.15) is 0 Å². The first-order valence-corrected chi connectivity index (χ1v) is 50.6. The number of pyridine rings is 4. The molecule has 0 radical (unpaired) electrons. The Hall–Kier alpha value is -11.2. The molecule has 4 N–H and O–H groups in total. The summed E-state index contributed by atoms with van der Waals surface area (Å²) in [5.74, 6) is 0.971. The molecule has 0 aliphatic rings. The van der Waals surface area contributed by atoms with Gasteiger partial charge in [-0.3, -0.25) is 19.9 Å². The quantitative estimate of drug-likeness (QED) is 0.0850. The average Bonchev–Trinajstić information content (AvgIpc) is 1.60. The largest absolute Gasteiger partial charge is 0.507 e. The third-order valence-electron chi connectivity index (χ3n) is 24.9. The summed E-state index contributed by atoms with van der Waals surface area (Å²) < 4.78 is 4.36. The Morgan fingerprint density at radius 1 is 0.194 bits per heavy atom. The van der Waals surface area contributed by atoms with Gasteiger partial charge in [-0.25, -0.2) is 19.9 Å². The number of nitrogens with zero attached hydrogens (tertiary/aromatic N) is 8. The van der Waals surface area contributed by atoms with E-state index >= 15 is 0 Å². The molecule has 144 heavy (non-hydrogen) atoms. The van der Waals surface area contributed by atoms with E-state index in [-0.39, 0.29) is 145 Å². The first-order valence-electron chi connectivity index (χ1n) is 47.3. The zero-order chi connectivity index (χ0) is 99.3. The molecule has 0 saturated heterocycles. The molecule has 0 aliphatic heterocycles. The van der Waals surface area contributed by atoms with Crippen molar-refractivity contribution < 1.29 is 105 Å². The molecular formula is C124H116N8O4Pt4S4-4. The van der Waals surface area contributed by atoms with E-state index in [0.717, 1.165) is 173 Å². The molecule has 0 saturated carbocycles. The zero-order valence-corrected chi connectivity index (χ0v) is 96.9. The minimum atomic E-state index is -0.0444. The number of phenols is 4. The zero-order valence-electron chi connectivity index (χ0n) is 84.6. The summed E-state index contributed by atoms with van der Waals surface area (Å²) in [6.07, 6.45) is 7.41. The minimum Gasteiger partial charge on any atom is -0.507 e. The Morgan fingerprint density at radius 3 is 0.771 bits per heavy atom. The van der Waals surface area contributed by atoms with Gasteiger partial charge in [0.2, 0.25) is 0 Å². The van der Waals surface area contributed by atoms with E-state index in [1.807, 2.05) is 134 Å². The minimum absolute atomic E-state index is 0. The van der Waals surface area contributed by atoms with Crippen LogP contribution in [0.3, 0.4) is 0 Å². The Kier molecular flexibility index (Phi) is 34.1. The van der Waals surface area contributed by atoms with Crippen LogP contribution < -0.4 is 0 Å². The summed E-state index contributed by atoms with van der Waals surface area (Å²) in [4.78, 5) is 38.5. The smallest absolute Gasteiger partial charge is 0.127 e. The first kappa shape index (κ1) is 110. The maximum absolute atomic E-state index is 10.5. The van der Waals surface area contributed by atoms with Gasteiger partial charge in [0.1, 0.15) is 43.0 Å². The van der Waals surface area contributed by atoms with Crippen LogP contribution in [0.1, 0.15) is 184 Å². The Labute approximate surface area is 920 Å². The first-order chi connectivity index (χ1) is 66.4. The van der Waals surface area contributed by atoms with Gasteiger partial charge in [0, 0.05) is 151 Å². The van der Waals surface area contributed by atoms with Crippen molar-refractivity contribution in [3.8, 4) is 155 Å². The summed E-state index contributed by atoms with van der Waals surface area (Å²) in [5.41, 5.74) is 31.0. The van der Waals surface area contributed by atoms with E-state index in [1.165, 1.54) is 38.9 Å². The van der Waals surface area contributed by atoms with Crippen LogP contribution in [0.5, 0.6) is 23.0 Å². The second kappa shape index (κ2) is 44.6. The molecule has 20 aromatic rings. The van der Waals surface area contributed by atoms with E-state index in [9.17, 15) is 20.4 Å². The SMILES string of the molecule is CC(C)(C)c1cc(-c2cc(C(C)(C)C)ccn2)[c-]c(-c2cccc3sc(-c4ccccc4O)nc23)c1.CC(C)(C)c1cc(-c2ccccn2)[c-]c(-c2cc(C(C)(C)C)cc3sc(-c4ccccc4O)nc23)c1.CC(C)(C)c1cc(-c2ccccn2)[c-]c(-c2cccc3sc(-c4ccccc4O)nc23)c1.CC(C)(C)c1ccnc(-c2[c-]c(-c3cc(C(C)(C)C)cc4sc(-c5ccccc5O)nc34)ccc2)c1.[Pt].[Pt].[Pt].[Pt]. The van der Waals surface area contributed by atoms with Crippen LogP contribution in [0, 0.1) is 24.3 Å². The number of benzene rings is 12. The van der Waals surface area contributed by atoms with Crippen molar-refractivity contribution >= 4 is 86.2 Å². The van der Waals surface area contributed by atoms with Crippen LogP contribution in [-0.2, 0) is 122 Å². The van der Waals surface area contributed by atoms with Crippen LogP contribution in [-0.4, -0.2) is 60.3 Å². The predicted octanol–water partition coefficient (Wildman–Crippen LogP) is 33.9. The average molecular weight is 2690 g/mol. The second-order valence-corrected chi connectivity index (χ2v) is 46.9. The van der Waals surface area contributed by atoms with Crippen LogP contribution in [0.4, 0.5) is 0 Å². The number of hydrogen-bond acceptors (Lipinski definition) is 16. The summed E-state index contributed by atoms with van der Waals surface area (Å²) >= 11 is 6.41. The van der Waals surface area contributed by atoms with E-state index < -0.39 is 0 Å².